The monoisotopic (exact) mass is 586 g/mol. The number of rotatable bonds is 8. The maximum absolute atomic E-state index is 13.6. The molecule has 0 saturated carbocycles. The molecule has 0 bridgehead atoms. The van der Waals surface area contributed by atoms with Gasteiger partial charge in [-0.2, -0.15) is 13.8 Å². The Kier molecular flexibility index (Phi) is 8.83. The van der Waals surface area contributed by atoms with Crippen LogP contribution in [-0.2, 0) is 10.0 Å². The minimum atomic E-state index is -3.86. The van der Waals surface area contributed by atoms with Crippen LogP contribution in [0.25, 0.3) is 0 Å². The highest BCUT2D eigenvalue weighted by Gasteiger charge is 2.35. The lowest BCUT2D eigenvalue weighted by atomic mass is 10.0. The molecule has 2 saturated heterocycles. The van der Waals surface area contributed by atoms with Crippen molar-refractivity contribution in [1.29, 1.82) is 0 Å². The van der Waals surface area contributed by atoms with E-state index in [4.69, 9.17) is 5.11 Å². The second-order valence-electron chi connectivity index (χ2n) is 9.72. The zero-order valence-electron chi connectivity index (χ0n) is 21.8. The number of carbonyl (C=O) groups excluding carboxylic acids is 1. The third kappa shape index (κ3) is 7.38. The smallest absolute Gasteiger partial charge is 0.269 e. The second kappa shape index (κ2) is 12.0. The van der Waals surface area contributed by atoms with Crippen molar-refractivity contribution in [3.05, 3.63) is 47.2 Å². The molecule has 1 amide bonds. The molecule has 40 heavy (non-hydrogen) atoms. The number of amides is 1. The van der Waals surface area contributed by atoms with E-state index in [0.717, 1.165) is 0 Å². The van der Waals surface area contributed by atoms with Gasteiger partial charge in [0.05, 0.1) is 29.3 Å². The standard InChI is InChI=1S/C25H30F4N6O4S/c1-16-14-21(32-24(30-16)35-10-6-25(28,29)7-11-35)31-23(37)19-3-2-18(33-40(38,39)13-12-36)15-20(19)34-8-4-17(5-9-34)22(26)27/h2-3,14-15,33,36H,4-13H2,1H3,(H,30,31,32,37). The van der Waals surface area contributed by atoms with Gasteiger partial charge >= 0.3 is 0 Å². The molecule has 0 spiro atoms. The van der Waals surface area contributed by atoms with Crippen LogP contribution in [-0.4, -0.2) is 73.9 Å². The summed E-state index contributed by atoms with van der Waals surface area (Å²) in [5.41, 5.74) is 1.15. The first-order valence-corrected chi connectivity index (χ1v) is 14.3. The normalized spacial score (nSPS) is 17.5. The van der Waals surface area contributed by atoms with Gasteiger partial charge in [-0.05, 0) is 43.5 Å². The number of hydrogen-bond donors (Lipinski definition) is 3. The number of piperidine rings is 2. The lowest BCUT2D eigenvalue weighted by molar-refractivity contribution is -0.0222. The van der Waals surface area contributed by atoms with Gasteiger partial charge in [-0.25, -0.2) is 22.2 Å². The summed E-state index contributed by atoms with van der Waals surface area (Å²) < 4.78 is 80.1. The molecule has 2 fully saturated rings. The number of carbonyl (C=O) groups is 1. The summed E-state index contributed by atoms with van der Waals surface area (Å²) in [7, 11) is -3.86. The van der Waals surface area contributed by atoms with Crippen LogP contribution in [0.15, 0.2) is 35.9 Å². The maximum Gasteiger partial charge on any atom is 0.269 e. The molecule has 1 aromatic carbocycles. The number of halogens is 4. The predicted molar refractivity (Wildman–Crippen MR) is 143 cm³/mol. The summed E-state index contributed by atoms with van der Waals surface area (Å²) in [5.74, 6) is -3.50. The van der Waals surface area contributed by atoms with Gasteiger partial charge in [0.25, 0.3) is 17.9 Å². The summed E-state index contributed by atoms with van der Waals surface area (Å²) in [6.07, 6.45) is -2.23. The summed E-state index contributed by atoms with van der Waals surface area (Å²) in [5, 5.41) is 11.7. The number of anilines is 4. The summed E-state index contributed by atoms with van der Waals surface area (Å²) >= 11 is 0. The van der Waals surface area contributed by atoms with E-state index >= 15 is 0 Å². The van der Waals surface area contributed by atoms with Crippen LogP contribution in [0.2, 0.25) is 0 Å². The van der Waals surface area contributed by atoms with Gasteiger partial charge in [-0.3, -0.25) is 9.52 Å². The number of nitrogens with zero attached hydrogens (tertiary/aromatic N) is 4. The fourth-order valence-corrected chi connectivity index (χ4v) is 5.41. The molecule has 0 atom stereocenters. The van der Waals surface area contributed by atoms with Crippen molar-refractivity contribution in [2.45, 2.75) is 38.5 Å². The number of aliphatic hydroxyl groups excluding tert-OH is 1. The van der Waals surface area contributed by atoms with E-state index in [1.165, 1.54) is 24.3 Å². The van der Waals surface area contributed by atoms with Crippen molar-refractivity contribution in [3.63, 3.8) is 0 Å². The fourth-order valence-electron chi connectivity index (χ4n) is 4.58. The molecule has 0 unspecified atom stereocenters. The number of aliphatic hydroxyl groups is 1. The summed E-state index contributed by atoms with van der Waals surface area (Å²) in [6, 6.07) is 5.76. The maximum atomic E-state index is 13.6. The highest BCUT2D eigenvalue weighted by atomic mass is 32.2. The van der Waals surface area contributed by atoms with Gasteiger partial charge in [0, 0.05) is 50.8 Å². The van der Waals surface area contributed by atoms with Crippen LogP contribution in [0.5, 0.6) is 0 Å². The Balaban J connectivity index is 1.60. The molecule has 2 aliphatic heterocycles. The molecule has 218 valence electrons. The van der Waals surface area contributed by atoms with Crippen molar-refractivity contribution in [2.24, 2.45) is 0 Å². The Labute approximate surface area is 229 Å². The Hall–Kier alpha value is -3.46. The van der Waals surface area contributed by atoms with E-state index in [0.29, 0.717) is 11.4 Å². The molecular formula is C25H30F4N6O4S. The van der Waals surface area contributed by atoms with E-state index in [1.54, 1.807) is 16.7 Å². The zero-order valence-corrected chi connectivity index (χ0v) is 22.6. The lowest BCUT2D eigenvalue weighted by Gasteiger charge is -2.32. The first-order valence-electron chi connectivity index (χ1n) is 12.7. The first kappa shape index (κ1) is 29.5. The highest BCUT2D eigenvalue weighted by Crippen LogP contribution is 2.32. The van der Waals surface area contributed by atoms with Crippen LogP contribution in [0.3, 0.4) is 0 Å². The minimum absolute atomic E-state index is 0.0292. The average Bonchev–Trinajstić information content (AvgIpc) is 2.88. The summed E-state index contributed by atoms with van der Waals surface area (Å²) in [6.45, 7) is 1.57. The fraction of sp³-hybridized carbons (Fsp3) is 0.480. The predicted octanol–water partition coefficient (Wildman–Crippen LogP) is 3.76. The van der Waals surface area contributed by atoms with E-state index in [9.17, 15) is 30.8 Å². The quantitative estimate of drug-likeness (QED) is 0.399. The zero-order chi connectivity index (χ0) is 29.1. The summed E-state index contributed by atoms with van der Waals surface area (Å²) in [4.78, 5) is 25.4. The van der Waals surface area contributed by atoms with Crippen LogP contribution < -0.4 is 19.8 Å². The molecule has 2 aromatic rings. The number of benzene rings is 1. The Morgan fingerprint density at radius 2 is 1.73 bits per heavy atom. The molecule has 0 aliphatic carbocycles. The Morgan fingerprint density at radius 1 is 1.05 bits per heavy atom. The van der Waals surface area contributed by atoms with Crippen molar-refractivity contribution in [3.8, 4) is 0 Å². The average molecular weight is 587 g/mol. The molecule has 2 aliphatic rings. The topological polar surface area (TPSA) is 128 Å². The van der Waals surface area contributed by atoms with E-state index < -0.39 is 40.3 Å². The molecule has 3 N–H and O–H groups in total. The van der Waals surface area contributed by atoms with E-state index in [-0.39, 0.29) is 80.5 Å². The van der Waals surface area contributed by atoms with Crippen LogP contribution >= 0.6 is 0 Å². The van der Waals surface area contributed by atoms with Crippen molar-refractivity contribution in [1.82, 2.24) is 9.97 Å². The minimum Gasteiger partial charge on any atom is -0.395 e. The number of hydrogen-bond acceptors (Lipinski definition) is 8. The lowest BCUT2D eigenvalue weighted by Crippen LogP contribution is -2.40. The Bertz CT molecular complexity index is 1380. The molecule has 0 radical (unpaired) electrons. The number of alkyl halides is 2. The van der Waals surface area contributed by atoms with Crippen LogP contribution in [0.4, 0.5) is 40.7 Å². The number of aromatic nitrogens is 2. The van der Waals surface area contributed by atoms with Gasteiger partial charge in [-0.1, -0.05) is 0 Å². The molecular weight excluding hydrogens is 556 g/mol. The number of sulfonamides is 1. The third-order valence-corrected chi connectivity index (χ3v) is 7.98. The van der Waals surface area contributed by atoms with Crippen LogP contribution in [0, 0.1) is 6.92 Å². The second-order valence-corrected chi connectivity index (χ2v) is 11.6. The van der Waals surface area contributed by atoms with E-state index in [2.05, 4.69) is 20.0 Å². The van der Waals surface area contributed by atoms with Gasteiger partial charge < -0.3 is 20.2 Å². The van der Waals surface area contributed by atoms with Crippen molar-refractivity contribution >= 4 is 39.1 Å². The third-order valence-electron chi connectivity index (χ3n) is 6.71. The largest absolute Gasteiger partial charge is 0.395 e. The van der Waals surface area contributed by atoms with Gasteiger partial charge in [0.1, 0.15) is 5.82 Å². The molecule has 3 heterocycles. The molecule has 4 rings (SSSR count). The van der Waals surface area contributed by atoms with E-state index in [1.807, 2.05) is 0 Å². The van der Waals surface area contributed by atoms with Gasteiger partial charge in [0.15, 0.2) is 0 Å². The number of nitrogens with one attached hydrogen (secondary N) is 2. The van der Waals surface area contributed by atoms with Gasteiger partial charge in [0.2, 0.25) is 16.0 Å². The molecule has 10 nitrogen and oxygen atoms in total. The highest BCUT2D eigenvalue weighted by molar-refractivity contribution is 7.92. The van der Waals surface area contributed by atoms with Gasteiger partial charge in [-0.15, -0.1) is 0 Å². The molecule has 1 aromatic heterocycles. The van der Waals surface area contributed by atoms with Crippen LogP contribution in [0.1, 0.15) is 41.7 Å². The molecule has 15 heteroatoms. The Morgan fingerprint density at radius 3 is 2.35 bits per heavy atom. The van der Waals surface area contributed by atoms with Crippen molar-refractivity contribution < 1.29 is 35.9 Å². The first-order chi connectivity index (χ1) is 18.9. The van der Waals surface area contributed by atoms with Crippen molar-refractivity contribution in [2.75, 3.05) is 58.4 Å². The number of aryl methyl sites for hydroxylation is 1. The SMILES string of the molecule is Cc1cc(NC(=O)c2ccc(NS(=O)(=O)CCO)cc2N2CCC(=C(F)F)CC2)nc(N2CCC(F)(F)CC2)n1.